The third-order valence-corrected chi connectivity index (χ3v) is 3.16. The molecule has 18 heavy (non-hydrogen) atoms. The smallest absolute Gasteiger partial charge is 0.223 e. The van der Waals surface area contributed by atoms with Crippen LogP contribution in [0.25, 0.3) is 0 Å². The Morgan fingerprint density at radius 3 is 3.00 bits per heavy atom. The van der Waals surface area contributed by atoms with Gasteiger partial charge in [-0.2, -0.15) is 0 Å². The molecule has 0 amide bonds. The molecule has 1 aliphatic rings. The average Bonchev–Trinajstić information content (AvgIpc) is 2.88. The lowest BCUT2D eigenvalue weighted by atomic mass is 10.3. The summed E-state index contributed by atoms with van der Waals surface area (Å²) in [6.45, 7) is 1.36. The molecule has 1 fully saturated rings. The number of nitrogens with zero attached hydrogens (tertiary/aromatic N) is 2. The van der Waals surface area contributed by atoms with Crippen molar-refractivity contribution in [2.24, 2.45) is 5.73 Å². The number of hydrogen-bond donors (Lipinski definition) is 2. The van der Waals surface area contributed by atoms with Crippen molar-refractivity contribution in [1.82, 2.24) is 9.97 Å². The topological polar surface area (TPSA) is 73.1 Å². The molecule has 98 valence electrons. The highest BCUT2D eigenvalue weighted by molar-refractivity contribution is 7.80. The largest absolute Gasteiger partial charge is 0.388 e. The van der Waals surface area contributed by atoms with Crippen LogP contribution in [-0.2, 0) is 4.74 Å². The van der Waals surface area contributed by atoms with E-state index in [1.54, 1.807) is 12.3 Å². The minimum Gasteiger partial charge on any atom is -0.388 e. The predicted molar refractivity (Wildman–Crippen MR) is 74.6 cm³/mol. The Hall–Kier alpha value is -1.27. The van der Waals surface area contributed by atoms with E-state index in [0.717, 1.165) is 0 Å². The lowest BCUT2D eigenvalue weighted by Gasteiger charge is -2.11. The number of hydrogen-bond acceptors (Lipinski definition) is 5. The predicted octanol–water partition coefficient (Wildman–Crippen LogP) is 1.48. The summed E-state index contributed by atoms with van der Waals surface area (Å²) in [4.78, 5) is 8.58. The number of anilines is 1. The first-order valence-corrected chi connectivity index (χ1v) is 6.65. The zero-order valence-electron chi connectivity index (χ0n) is 10.3. The number of nitrogens with one attached hydrogen (secondary N) is 1. The molecule has 1 aromatic rings. The SMILES string of the molecule is NC(=S)c1ccnc(NCCOC2CCCC2)n1. The average molecular weight is 266 g/mol. The highest BCUT2D eigenvalue weighted by Gasteiger charge is 2.14. The van der Waals surface area contributed by atoms with E-state index in [-0.39, 0.29) is 4.99 Å². The summed E-state index contributed by atoms with van der Waals surface area (Å²) >= 11 is 4.86. The molecule has 1 saturated carbocycles. The van der Waals surface area contributed by atoms with Crippen molar-refractivity contribution in [3.05, 3.63) is 18.0 Å². The Balaban J connectivity index is 1.72. The first-order valence-electron chi connectivity index (χ1n) is 6.24. The number of thiocarbonyl (C=S) groups is 1. The van der Waals surface area contributed by atoms with Gasteiger partial charge in [0.2, 0.25) is 5.95 Å². The highest BCUT2D eigenvalue weighted by atomic mass is 32.1. The second kappa shape index (κ2) is 6.61. The molecular formula is C12H18N4OS. The van der Waals surface area contributed by atoms with Crippen LogP contribution < -0.4 is 11.1 Å². The van der Waals surface area contributed by atoms with E-state index in [9.17, 15) is 0 Å². The Morgan fingerprint density at radius 1 is 1.50 bits per heavy atom. The van der Waals surface area contributed by atoms with Gasteiger partial charge in [-0.3, -0.25) is 0 Å². The van der Waals surface area contributed by atoms with E-state index >= 15 is 0 Å². The van der Waals surface area contributed by atoms with Crippen LogP contribution in [0.1, 0.15) is 31.4 Å². The fourth-order valence-electron chi connectivity index (χ4n) is 2.02. The van der Waals surface area contributed by atoms with Crippen molar-refractivity contribution < 1.29 is 4.74 Å². The standard InChI is InChI=1S/C12H18N4OS/c13-11(18)10-5-6-14-12(16-10)15-7-8-17-9-3-1-2-4-9/h5-6,9H,1-4,7-8H2,(H2,13,18)(H,14,15,16). The van der Waals surface area contributed by atoms with Gasteiger partial charge in [0.1, 0.15) is 10.7 Å². The summed E-state index contributed by atoms with van der Waals surface area (Å²) in [5.74, 6) is 0.537. The summed E-state index contributed by atoms with van der Waals surface area (Å²) in [6, 6.07) is 1.70. The molecule has 1 aromatic heterocycles. The van der Waals surface area contributed by atoms with E-state index in [2.05, 4.69) is 15.3 Å². The fraction of sp³-hybridized carbons (Fsp3) is 0.583. The molecule has 1 heterocycles. The van der Waals surface area contributed by atoms with E-state index in [1.165, 1.54) is 25.7 Å². The number of aromatic nitrogens is 2. The van der Waals surface area contributed by atoms with Crippen LogP contribution in [0.2, 0.25) is 0 Å². The normalized spacial score (nSPS) is 15.8. The summed E-state index contributed by atoms with van der Waals surface area (Å²) in [5, 5.41) is 3.10. The molecule has 2 rings (SSSR count). The highest BCUT2D eigenvalue weighted by Crippen LogP contribution is 2.20. The van der Waals surface area contributed by atoms with Gasteiger partial charge in [0.05, 0.1) is 12.7 Å². The third-order valence-electron chi connectivity index (χ3n) is 2.95. The summed E-state index contributed by atoms with van der Waals surface area (Å²) in [7, 11) is 0. The Morgan fingerprint density at radius 2 is 2.28 bits per heavy atom. The molecule has 0 saturated heterocycles. The van der Waals surface area contributed by atoms with Crippen molar-refractivity contribution in [2.45, 2.75) is 31.8 Å². The van der Waals surface area contributed by atoms with Gasteiger partial charge in [-0.25, -0.2) is 9.97 Å². The maximum atomic E-state index is 5.73. The van der Waals surface area contributed by atoms with Crippen LogP contribution in [0.5, 0.6) is 0 Å². The summed E-state index contributed by atoms with van der Waals surface area (Å²) in [6.07, 6.45) is 7.03. The molecule has 3 N–H and O–H groups in total. The maximum absolute atomic E-state index is 5.73. The van der Waals surface area contributed by atoms with Gasteiger partial charge in [0.25, 0.3) is 0 Å². The van der Waals surface area contributed by atoms with E-state index in [4.69, 9.17) is 22.7 Å². The molecule has 0 unspecified atom stereocenters. The second-order valence-corrected chi connectivity index (χ2v) is 4.77. The van der Waals surface area contributed by atoms with Crippen LogP contribution in [0.3, 0.4) is 0 Å². The summed E-state index contributed by atoms with van der Waals surface area (Å²) < 4.78 is 5.73. The van der Waals surface area contributed by atoms with Gasteiger partial charge in [-0.15, -0.1) is 0 Å². The molecule has 1 aliphatic carbocycles. The molecule has 6 heteroatoms. The summed E-state index contributed by atoms with van der Waals surface area (Å²) in [5.41, 5.74) is 6.09. The van der Waals surface area contributed by atoms with Gasteiger partial charge in [0.15, 0.2) is 0 Å². The van der Waals surface area contributed by atoms with Crippen molar-refractivity contribution in [3.8, 4) is 0 Å². The molecule has 0 bridgehead atoms. The van der Waals surface area contributed by atoms with Gasteiger partial charge in [0, 0.05) is 12.7 Å². The zero-order chi connectivity index (χ0) is 12.8. The minimum atomic E-state index is 0.280. The van der Waals surface area contributed by atoms with E-state index < -0.39 is 0 Å². The van der Waals surface area contributed by atoms with Crippen molar-refractivity contribution in [1.29, 1.82) is 0 Å². The maximum Gasteiger partial charge on any atom is 0.223 e. The molecule has 5 nitrogen and oxygen atoms in total. The van der Waals surface area contributed by atoms with Crippen LogP contribution in [0.15, 0.2) is 12.3 Å². The van der Waals surface area contributed by atoms with Crippen molar-refractivity contribution in [3.63, 3.8) is 0 Å². The van der Waals surface area contributed by atoms with Crippen molar-refractivity contribution in [2.75, 3.05) is 18.5 Å². The zero-order valence-corrected chi connectivity index (χ0v) is 11.1. The fourth-order valence-corrected chi connectivity index (χ4v) is 2.14. The number of ether oxygens (including phenoxy) is 1. The Labute approximate surface area is 112 Å². The molecule has 0 aliphatic heterocycles. The lowest BCUT2D eigenvalue weighted by Crippen LogP contribution is -2.18. The quantitative estimate of drug-likeness (QED) is 0.600. The molecule has 0 atom stereocenters. The lowest BCUT2D eigenvalue weighted by molar-refractivity contribution is 0.0658. The second-order valence-electron chi connectivity index (χ2n) is 4.33. The van der Waals surface area contributed by atoms with E-state index in [0.29, 0.717) is 30.9 Å². The first kappa shape index (κ1) is 13.2. The van der Waals surface area contributed by atoms with Crippen LogP contribution in [0.4, 0.5) is 5.95 Å². The third kappa shape index (κ3) is 3.89. The monoisotopic (exact) mass is 266 g/mol. The minimum absolute atomic E-state index is 0.280. The molecule has 0 spiro atoms. The van der Waals surface area contributed by atoms with Crippen LogP contribution in [-0.4, -0.2) is 34.2 Å². The Kier molecular flexibility index (Phi) is 4.83. The van der Waals surface area contributed by atoms with Crippen molar-refractivity contribution >= 4 is 23.2 Å². The Bertz CT molecular complexity index is 407. The van der Waals surface area contributed by atoms with Gasteiger partial charge in [-0.1, -0.05) is 25.1 Å². The van der Waals surface area contributed by atoms with Crippen LogP contribution >= 0.6 is 12.2 Å². The van der Waals surface area contributed by atoms with Crippen LogP contribution in [0, 0.1) is 0 Å². The first-order chi connectivity index (χ1) is 8.75. The molecular weight excluding hydrogens is 248 g/mol. The molecule has 0 radical (unpaired) electrons. The van der Waals surface area contributed by atoms with Gasteiger partial charge >= 0.3 is 0 Å². The number of nitrogens with two attached hydrogens (primary N) is 1. The molecule has 0 aromatic carbocycles. The van der Waals surface area contributed by atoms with Gasteiger partial charge < -0.3 is 15.8 Å². The number of rotatable bonds is 6. The van der Waals surface area contributed by atoms with Gasteiger partial charge in [-0.05, 0) is 18.9 Å². The van der Waals surface area contributed by atoms with E-state index in [1.807, 2.05) is 0 Å².